The van der Waals surface area contributed by atoms with E-state index in [9.17, 15) is 8.78 Å². The maximum absolute atomic E-state index is 14.2. The van der Waals surface area contributed by atoms with Crippen molar-refractivity contribution in [2.75, 3.05) is 0 Å². The summed E-state index contributed by atoms with van der Waals surface area (Å²) in [6.07, 6.45) is 3.29. The largest absolute Gasteiger partial charge is 0.398 e. The Morgan fingerprint density at radius 2 is 1.70 bits per heavy atom. The van der Waals surface area contributed by atoms with Crippen LogP contribution in [0.15, 0.2) is 36.4 Å². The molecular formula is C20H21F2N. The molecule has 0 amide bonds. The SMILES string of the molecule is Cc1cc(F)c(C)c(/C(=C(\N)c2ccc(F)cc2)C2CCC2)c1. The molecule has 0 aromatic heterocycles. The van der Waals surface area contributed by atoms with Crippen LogP contribution >= 0.6 is 0 Å². The summed E-state index contributed by atoms with van der Waals surface area (Å²) in [5.41, 5.74) is 11.2. The molecule has 3 rings (SSSR count). The van der Waals surface area contributed by atoms with E-state index in [2.05, 4.69) is 0 Å². The Balaban J connectivity index is 2.19. The lowest BCUT2D eigenvalue weighted by atomic mass is 9.74. The molecule has 0 unspecified atom stereocenters. The first kappa shape index (κ1) is 15.7. The molecule has 0 spiro atoms. The second-order valence-corrected chi connectivity index (χ2v) is 6.38. The number of hydrogen-bond donors (Lipinski definition) is 1. The molecule has 1 nitrogen and oxygen atoms in total. The monoisotopic (exact) mass is 313 g/mol. The summed E-state index contributed by atoms with van der Waals surface area (Å²) in [5.74, 6) is -0.145. The molecule has 1 saturated carbocycles. The van der Waals surface area contributed by atoms with Gasteiger partial charge in [-0.3, -0.25) is 0 Å². The average molecular weight is 313 g/mol. The van der Waals surface area contributed by atoms with E-state index in [0.717, 1.165) is 41.5 Å². The number of halogens is 2. The number of aryl methyl sites for hydroxylation is 1. The third-order valence-electron chi connectivity index (χ3n) is 4.74. The van der Waals surface area contributed by atoms with Crippen molar-refractivity contribution in [3.8, 4) is 0 Å². The summed E-state index contributed by atoms with van der Waals surface area (Å²) in [7, 11) is 0. The highest BCUT2D eigenvalue weighted by Crippen LogP contribution is 2.43. The van der Waals surface area contributed by atoms with Gasteiger partial charge in [0.2, 0.25) is 0 Å². The first-order chi connectivity index (χ1) is 11.0. The normalized spacial score (nSPS) is 16.0. The van der Waals surface area contributed by atoms with Gasteiger partial charge in [-0.2, -0.15) is 0 Å². The van der Waals surface area contributed by atoms with Gasteiger partial charge in [-0.25, -0.2) is 8.78 Å². The molecule has 0 atom stereocenters. The zero-order valence-electron chi connectivity index (χ0n) is 13.5. The van der Waals surface area contributed by atoms with Crippen LogP contribution < -0.4 is 5.73 Å². The molecule has 2 aromatic carbocycles. The summed E-state index contributed by atoms with van der Waals surface area (Å²) in [4.78, 5) is 0. The van der Waals surface area contributed by atoms with E-state index in [-0.39, 0.29) is 11.6 Å². The van der Waals surface area contributed by atoms with Gasteiger partial charge in [0.25, 0.3) is 0 Å². The molecule has 1 fully saturated rings. The van der Waals surface area contributed by atoms with Gasteiger partial charge in [-0.15, -0.1) is 0 Å². The van der Waals surface area contributed by atoms with E-state index < -0.39 is 0 Å². The summed E-state index contributed by atoms with van der Waals surface area (Å²) in [5, 5.41) is 0. The van der Waals surface area contributed by atoms with Gasteiger partial charge in [0.15, 0.2) is 0 Å². The van der Waals surface area contributed by atoms with Crippen LogP contribution in [-0.4, -0.2) is 0 Å². The Morgan fingerprint density at radius 3 is 2.26 bits per heavy atom. The van der Waals surface area contributed by atoms with Crippen molar-refractivity contribution in [1.82, 2.24) is 0 Å². The van der Waals surface area contributed by atoms with Crippen molar-refractivity contribution in [2.24, 2.45) is 11.7 Å². The van der Waals surface area contributed by atoms with Gasteiger partial charge >= 0.3 is 0 Å². The molecule has 1 aliphatic rings. The van der Waals surface area contributed by atoms with Crippen molar-refractivity contribution in [3.63, 3.8) is 0 Å². The van der Waals surface area contributed by atoms with Crippen LogP contribution in [0.5, 0.6) is 0 Å². The molecular weight excluding hydrogens is 292 g/mol. The number of nitrogens with two attached hydrogens (primary N) is 1. The Kier molecular flexibility index (Phi) is 4.20. The van der Waals surface area contributed by atoms with Crippen molar-refractivity contribution in [3.05, 3.63) is 70.3 Å². The minimum atomic E-state index is -0.287. The smallest absolute Gasteiger partial charge is 0.126 e. The van der Waals surface area contributed by atoms with Crippen LogP contribution in [0.4, 0.5) is 8.78 Å². The van der Waals surface area contributed by atoms with Crippen LogP contribution in [0.3, 0.4) is 0 Å². The Morgan fingerprint density at radius 1 is 1.04 bits per heavy atom. The van der Waals surface area contributed by atoms with E-state index in [0.29, 0.717) is 17.2 Å². The van der Waals surface area contributed by atoms with Gasteiger partial charge in [-0.05, 0) is 90.8 Å². The maximum Gasteiger partial charge on any atom is 0.126 e. The molecule has 3 heteroatoms. The minimum absolute atomic E-state index is 0.205. The van der Waals surface area contributed by atoms with Crippen LogP contribution in [0.1, 0.15) is 41.5 Å². The summed E-state index contributed by atoms with van der Waals surface area (Å²) < 4.78 is 27.4. The standard InChI is InChI=1S/C20H21F2N/c1-12-10-17(13(2)18(22)11-12)19(14-4-3-5-14)20(23)15-6-8-16(21)9-7-15/h6-11,14H,3-5,23H2,1-2H3/b20-19-. The molecule has 120 valence electrons. The van der Waals surface area contributed by atoms with Gasteiger partial charge in [-0.1, -0.05) is 12.5 Å². The highest BCUT2D eigenvalue weighted by atomic mass is 19.1. The predicted molar refractivity (Wildman–Crippen MR) is 90.6 cm³/mol. The van der Waals surface area contributed by atoms with Crippen LogP contribution in [0.25, 0.3) is 11.3 Å². The zero-order valence-corrected chi connectivity index (χ0v) is 13.5. The van der Waals surface area contributed by atoms with Crippen molar-refractivity contribution < 1.29 is 8.78 Å². The molecule has 0 aliphatic heterocycles. The minimum Gasteiger partial charge on any atom is -0.398 e. The summed E-state index contributed by atoms with van der Waals surface area (Å²) >= 11 is 0. The lowest BCUT2D eigenvalue weighted by molar-refractivity contribution is 0.400. The van der Waals surface area contributed by atoms with Crippen LogP contribution in [0, 0.1) is 31.4 Å². The topological polar surface area (TPSA) is 26.0 Å². The summed E-state index contributed by atoms with van der Waals surface area (Å²) in [6.45, 7) is 3.68. The molecule has 2 aromatic rings. The predicted octanol–water partition coefficient (Wildman–Crippen LogP) is 5.21. The molecule has 23 heavy (non-hydrogen) atoms. The van der Waals surface area contributed by atoms with Crippen molar-refractivity contribution >= 4 is 11.3 Å². The molecule has 2 N–H and O–H groups in total. The number of hydrogen-bond acceptors (Lipinski definition) is 1. The fourth-order valence-electron chi connectivity index (χ4n) is 3.16. The van der Waals surface area contributed by atoms with Gasteiger partial charge in [0.1, 0.15) is 11.6 Å². The third kappa shape index (κ3) is 3.00. The first-order valence-electron chi connectivity index (χ1n) is 8.00. The fourth-order valence-corrected chi connectivity index (χ4v) is 3.16. The highest BCUT2D eigenvalue weighted by molar-refractivity contribution is 5.91. The molecule has 0 saturated heterocycles. The third-order valence-corrected chi connectivity index (χ3v) is 4.74. The Labute approximate surface area is 135 Å². The first-order valence-corrected chi connectivity index (χ1v) is 8.00. The maximum atomic E-state index is 14.2. The van der Waals surface area contributed by atoms with E-state index in [1.165, 1.54) is 12.1 Å². The van der Waals surface area contributed by atoms with Gasteiger partial charge < -0.3 is 5.73 Å². The quantitative estimate of drug-likeness (QED) is 0.774. The van der Waals surface area contributed by atoms with Crippen molar-refractivity contribution in [2.45, 2.75) is 33.1 Å². The zero-order chi connectivity index (χ0) is 16.6. The van der Waals surface area contributed by atoms with E-state index in [1.807, 2.05) is 13.0 Å². The fraction of sp³-hybridized carbons (Fsp3) is 0.300. The van der Waals surface area contributed by atoms with Crippen molar-refractivity contribution in [1.29, 1.82) is 0 Å². The van der Waals surface area contributed by atoms with Gasteiger partial charge in [0.05, 0.1) is 0 Å². The molecule has 0 bridgehead atoms. The van der Waals surface area contributed by atoms with Crippen LogP contribution in [-0.2, 0) is 0 Å². The van der Waals surface area contributed by atoms with E-state index >= 15 is 0 Å². The lowest BCUT2D eigenvalue weighted by Crippen LogP contribution is -2.18. The molecule has 1 aliphatic carbocycles. The molecule has 0 heterocycles. The van der Waals surface area contributed by atoms with Gasteiger partial charge in [0, 0.05) is 5.70 Å². The molecule has 0 radical (unpaired) electrons. The lowest BCUT2D eigenvalue weighted by Gasteiger charge is -2.31. The number of allylic oxidation sites excluding steroid dienone is 1. The summed E-state index contributed by atoms with van der Waals surface area (Å²) in [6, 6.07) is 9.73. The number of rotatable bonds is 3. The second kappa shape index (κ2) is 6.15. The average Bonchev–Trinajstić information content (AvgIpc) is 2.47. The second-order valence-electron chi connectivity index (χ2n) is 6.38. The van der Waals surface area contributed by atoms with Crippen LogP contribution in [0.2, 0.25) is 0 Å². The van der Waals surface area contributed by atoms with E-state index in [4.69, 9.17) is 5.73 Å². The highest BCUT2D eigenvalue weighted by Gasteiger charge is 2.27. The Bertz CT molecular complexity index is 756. The number of benzene rings is 2. The van der Waals surface area contributed by atoms with E-state index in [1.54, 1.807) is 25.1 Å². The Hall–Kier alpha value is -2.16.